The van der Waals surface area contributed by atoms with Crippen LogP contribution in [0.25, 0.3) is 0 Å². The van der Waals surface area contributed by atoms with Crippen LogP contribution in [0.1, 0.15) is 44.4 Å². The van der Waals surface area contributed by atoms with Gasteiger partial charge >= 0.3 is 0 Å². The maximum absolute atomic E-state index is 5.44. The minimum Gasteiger partial charge on any atom is -0.339 e. The smallest absolute Gasteiger partial charge is 0.228 e. The lowest BCUT2D eigenvalue weighted by Crippen LogP contribution is -2.33. The van der Waals surface area contributed by atoms with Gasteiger partial charge in [-0.2, -0.15) is 16.7 Å². The number of nitrogens with zero attached hydrogens (tertiary/aromatic N) is 3. The molecule has 0 aromatic carbocycles. The highest BCUT2D eigenvalue weighted by molar-refractivity contribution is 7.99. The number of hydrogen-bond acceptors (Lipinski definition) is 6. The molecule has 5 nitrogen and oxygen atoms in total. The highest BCUT2D eigenvalue weighted by Gasteiger charge is 2.26. The van der Waals surface area contributed by atoms with Crippen LogP contribution in [0.2, 0.25) is 0 Å². The Morgan fingerprint density at radius 2 is 2.35 bits per heavy atom. The Morgan fingerprint density at radius 3 is 3.05 bits per heavy atom. The Morgan fingerprint density at radius 1 is 1.50 bits per heavy atom. The van der Waals surface area contributed by atoms with E-state index in [4.69, 9.17) is 4.52 Å². The second kappa shape index (κ2) is 8.00. The normalized spacial score (nSPS) is 22.1. The molecule has 6 heteroatoms. The zero-order chi connectivity index (χ0) is 14.4. The van der Waals surface area contributed by atoms with Gasteiger partial charge in [0, 0.05) is 30.5 Å². The van der Waals surface area contributed by atoms with Crippen molar-refractivity contribution < 1.29 is 4.52 Å². The lowest BCUT2D eigenvalue weighted by molar-refractivity contribution is 0.256. The molecule has 1 aliphatic heterocycles. The Labute approximate surface area is 125 Å². The van der Waals surface area contributed by atoms with Gasteiger partial charge in [-0.1, -0.05) is 19.0 Å². The van der Waals surface area contributed by atoms with E-state index in [2.05, 4.69) is 41.3 Å². The van der Waals surface area contributed by atoms with Crippen molar-refractivity contribution in [1.82, 2.24) is 20.4 Å². The van der Waals surface area contributed by atoms with Gasteiger partial charge in [-0.25, -0.2) is 0 Å². The Kier molecular flexibility index (Phi) is 6.32. The number of aromatic nitrogens is 2. The first kappa shape index (κ1) is 15.8. The SMILES string of the molecule is CCCNC(CC)Cc1nc(C2CSCCN2C)no1. The van der Waals surface area contributed by atoms with E-state index in [0.717, 1.165) is 49.8 Å². The molecule has 1 aromatic rings. The van der Waals surface area contributed by atoms with Gasteiger partial charge in [-0.15, -0.1) is 0 Å². The van der Waals surface area contributed by atoms with E-state index in [-0.39, 0.29) is 0 Å². The molecule has 0 bridgehead atoms. The van der Waals surface area contributed by atoms with E-state index in [1.165, 1.54) is 5.75 Å². The van der Waals surface area contributed by atoms with E-state index in [1.807, 2.05) is 11.8 Å². The first-order valence-electron chi connectivity index (χ1n) is 7.58. The summed E-state index contributed by atoms with van der Waals surface area (Å²) in [6.45, 7) is 6.51. The molecule has 0 amide bonds. The second-order valence-electron chi connectivity index (χ2n) is 5.38. The molecular weight excluding hydrogens is 272 g/mol. The van der Waals surface area contributed by atoms with Gasteiger partial charge in [-0.3, -0.25) is 4.90 Å². The van der Waals surface area contributed by atoms with Crippen molar-refractivity contribution in [3.8, 4) is 0 Å². The molecular formula is C14H26N4OS. The van der Waals surface area contributed by atoms with Crippen molar-refractivity contribution in [3.05, 3.63) is 11.7 Å². The molecule has 0 saturated carbocycles. The van der Waals surface area contributed by atoms with Crippen LogP contribution in [-0.2, 0) is 6.42 Å². The van der Waals surface area contributed by atoms with E-state index < -0.39 is 0 Å². The van der Waals surface area contributed by atoms with Crippen molar-refractivity contribution in [1.29, 1.82) is 0 Å². The lowest BCUT2D eigenvalue weighted by atomic mass is 10.1. The maximum atomic E-state index is 5.44. The highest BCUT2D eigenvalue weighted by Crippen LogP contribution is 2.26. The molecule has 2 heterocycles. The summed E-state index contributed by atoms with van der Waals surface area (Å²) in [6, 6.07) is 0.733. The molecule has 0 aliphatic carbocycles. The molecule has 0 radical (unpaired) electrons. The molecule has 2 rings (SSSR count). The Hall–Kier alpha value is -0.590. The van der Waals surface area contributed by atoms with Crippen LogP contribution in [0.3, 0.4) is 0 Å². The molecule has 20 heavy (non-hydrogen) atoms. The van der Waals surface area contributed by atoms with Crippen LogP contribution in [-0.4, -0.2) is 52.7 Å². The average Bonchev–Trinajstić information content (AvgIpc) is 2.92. The summed E-state index contributed by atoms with van der Waals surface area (Å²) < 4.78 is 5.44. The van der Waals surface area contributed by atoms with Crippen LogP contribution in [0.15, 0.2) is 4.52 Å². The minimum atomic E-state index is 0.301. The highest BCUT2D eigenvalue weighted by atomic mass is 32.2. The van der Waals surface area contributed by atoms with Gasteiger partial charge in [-0.05, 0) is 26.4 Å². The van der Waals surface area contributed by atoms with E-state index >= 15 is 0 Å². The summed E-state index contributed by atoms with van der Waals surface area (Å²) in [5, 5.41) is 7.71. The van der Waals surface area contributed by atoms with Crippen LogP contribution in [0, 0.1) is 0 Å². The molecule has 1 aromatic heterocycles. The predicted molar refractivity (Wildman–Crippen MR) is 83.1 cm³/mol. The summed E-state index contributed by atoms with van der Waals surface area (Å²) >= 11 is 1.96. The molecule has 114 valence electrons. The second-order valence-corrected chi connectivity index (χ2v) is 6.53. The fourth-order valence-corrected chi connectivity index (χ4v) is 3.58. The number of nitrogens with one attached hydrogen (secondary N) is 1. The Balaban J connectivity index is 1.93. The van der Waals surface area contributed by atoms with Crippen molar-refractivity contribution in [2.45, 2.75) is 45.2 Å². The minimum absolute atomic E-state index is 0.301. The quantitative estimate of drug-likeness (QED) is 0.832. The summed E-state index contributed by atoms with van der Waals surface area (Å²) in [5.74, 6) is 3.86. The third-order valence-corrected chi connectivity index (χ3v) is 4.80. The predicted octanol–water partition coefficient (Wildman–Crippen LogP) is 2.11. The van der Waals surface area contributed by atoms with Gasteiger partial charge < -0.3 is 9.84 Å². The monoisotopic (exact) mass is 298 g/mol. The van der Waals surface area contributed by atoms with Gasteiger partial charge in [0.2, 0.25) is 5.89 Å². The van der Waals surface area contributed by atoms with E-state index in [0.29, 0.717) is 12.1 Å². The summed E-state index contributed by atoms with van der Waals surface area (Å²) in [4.78, 5) is 6.92. The van der Waals surface area contributed by atoms with Crippen LogP contribution < -0.4 is 5.32 Å². The lowest BCUT2D eigenvalue weighted by Gasteiger charge is -2.29. The number of thioether (sulfide) groups is 1. The van der Waals surface area contributed by atoms with E-state index in [9.17, 15) is 0 Å². The molecule has 2 unspecified atom stereocenters. The van der Waals surface area contributed by atoms with Crippen LogP contribution in [0.5, 0.6) is 0 Å². The number of hydrogen-bond donors (Lipinski definition) is 1. The average molecular weight is 298 g/mol. The first-order chi connectivity index (χ1) is 9.74. The first-order valence-corrected chi connectivity index (χ1v) is 8.73. The fourth-order valence-electron chi connectivity index (χ4n) is 2.36. The fraction of sp³-hybridized carbons (Fsp3) is 0.857. The van der Waals surface area contributed by atoms with Crippen molar-refractivity contribution in [2.24, 2.45) is 0 Å². The topological polar surface area (TPSA) is 54.2 Å². The number of rotatable bonds is 7. The largest absolute Gasteiger partial charge is 0.339 e. The van der Waals surface area contributed by atoms with Crippen molar-refractivity contribution in [3.63, 3.8) is 0 Å². The zero-order valence-electron chi connectivity index (χ0n) is 12.8. The zero-order valence-corrected chi connectivity index (χ0v) is 13.6. The van der Waals surface area contributed by atoms with Gasteiger partial charge in [0.25, 0.3) is 0 Å². The third kappa shape index (κ3) is 4.20. The maximum Gasteiger partial charge on any atom is 0.228 e. The molecule has 1 aliphatic rings. The van der Waals surface area contributed by atoms with Gasteiger partial charge in [0.1, 0.15) is 0 Å². The summed E-state index contributed by atoms with van der Waals surface area (Å²) in [5.41, 5.74) is 0. The standard InChI is InChI=1S/C14H26N4OS/c1-4-6-15-11(5-2)9-13-16-14(17-19-13)12-10-20-8-7-18(12)3/h11-12,15H,4-10H2,1-3H3. The van der Waals surface area contributed by atoms with Gasteiger partial charge in [0.05, 0.1) is 6.04 Å². The molecule has 0 spiro atoms. The molecule has 1 fully saturated rings. The van der Waals surface area contributed by atoms with Crippen LogP contribution >= 0.6 is 11.8 Å². The van der Waals surface area contributed by atoms with E-state index in [1.54, 1.807) is 0 Å². The molecule has 1 N–H and O–H groups in total. The summed E-state index contributed by atoms with van der Waals surface area (Å²) in [6.07, 6.45) is 3.06. The summed E-state index contributed by atoms with van der Waals surface area (Å²) in [7, 11) is 2.14. The molecule has 2 atom stereocenters. The molecule has 1 saturated heterocycles. The Bertz CT molecular complexity index is 398. The van der Waals surface area contributed by atoms with Crippen molar-refractivity contribution in [2.75, 3.05) is 31.6 Å². The van der Waals surface area contributed by atoms with Crippen molar-refractivity contribution >= 4 is 11.8 Å². The van der Waals surface area contributed by atoms with Gasteiger partial charge in [0.15, 0.2) is 5.82 Å². The van der Waals surface area contributed by atoms with Crippen LogP contribution in [0.4, 0.5) is 0 Å². The third-order valence-electron chi connectivity index (χ3n) is 3.77.